The molecular formula is C13H21N3O3. The Hall–Kier alpha value is -1.85. The summed E-state index contributed by atoms with van der Waals surface area (Å²) >= 11 is 0. The molecule has 1 amide bonds. The predicted molar refractivity (Wildman–Crippen MR) is 71.0 cm³/mol. The summed E-state index contributed by atoms with van der Waals surface area (Å²) in [4.78, 5) is 23.2. The van der Waals surface area contributed by atoms with Crippen LogP contribution in [0.5, 0.6) is 0 Å². The molecule has 0 saturated heterocycles. The molecular weight excluding hydrogens is 246 g/mol. The summed E-state index contributed by atoms with van der Waals surface area (Å²) < 4.78 is 1.57. The maximum Gasteiger partial charge on any atom is 0.326 e. The van der Waals surface area contributed by atoms with Crippen LogP contribution in [0.1, 0.15) is 49.2 Å². The third kappa shape index (κ3) is 4.08. The van der Waals surface area contributed by atoms with E-state index < -0.39 is 12.0 Å². The lowest BCUT2D eigenvalue weighted by molar-refractivity contribution is -0.139. The van der Waals surface area contributed by atoms with Gasteiger partial charge in [-0.3, -0.25) is 9.48 Å². The van der Waals surface area contributed by atoms with Crippen molar-refractivity contribution >= 4 is 11.9 Å². The van der Waals surface area contributed by atoms with Gasteiger partial charge in [-0.2, -0.15) is 5.10 Å². The molecule has 0 aromatic carbocycles. The molecule has 1 heterocycles. The van der Waals surface area contributed by atoms with Gasteiger partial charge in [0.25, 0.3) is 5.91 Å². The molecule has 1 aromatic heterocycles. The van der Waals surface area contributed by atoms with E-state index in [0.29, 0.717) is 24.1 Å². The van der Waals surface area contributed by atoms with Crippen LogP contribution in [0.4, 0.5) is 0 Å². The van der Waals surface area contributed by atoms with Crippen molar-refractivity contribution in [1.29, 1.82) is 0 Å². The molecule has 0 fully saturated rings. The number of aliphatic carboxylic acids is 1. The fourth-order valence-corrected chi connectivity index (χ4v) is 1.89. The lowest BCUT2D eigenvalue weighted by Gasteiger charge is -2.13. The Morgan fingerprint density at radius 3 is 2.68 bits per heavy atom. The van der Waals surface area contributed by atoms with E-state index in [9.17, 15) is 9.59 Å². The van der Waals surface area contributed by atoms with E-state index in [0.717, 1.165) is 12.8 Å². The first-order chi connectivity index (χ1) is 8.99. The lowest BCUT2D eigenvalue weighted by atomic mass is 10.1. The largest absolute Gasteiger partial charge is 0.480 e. The van der Waals surface area contributed by atoms with E-state index in [1.807, 2.05) is 13.8 Å². The van der Waals surface area contributed by atoms with Crippen LogP contribution in [0.2, 0.25) is 0 Å². The minimum absolute atomic E-state index is 0.367. The Kier molecular flexibility index (Phi) is 5.54. The molecule has 0 aliphatic carbocycles. The van der Waals surface area contributed by atoms with Gasteiger partial charge in [-0.25, -0.2) is 4.79 Å². The van der Waals surface area contributed by atoms with Gasteiger partial charge >= 0.3 is 5.97 Å². The summed E-state index contributed by atoms with van der Waals surface area (Å²) in [5, 5.41) is 15.8. The minimum atomic E-state index is -0.997. The zero-order valence-electron chi connectivity index (χ0n) is 11.6. The summed E-state index contributed by atoms with van der Waals surface area (Å²) in [6.07, 6.45) is 4.36. The second-order valence-corrected chi connectivity index (χ2v) is 4.52. The molecule has 1 aromatic rings. The first-order valence-electron chi connectivity index (χ1n) is 6.55. The average Bonchev–Trinajstić information content (AvgIpc) is 2.75. The van der Waals surface area contributed by atoms with E-state index in [4.69, 9.17) is 5.11 Å². The van der Waals surface area contributed by atoms with Crippen molar-refractivity contribution in [2.45, 2.75) is 45.6 Å². The Labute approximate surface area is 112 Å². The molecule has 6 nitrogen and oxygen atoms in total. The summed E-state index contributed by atoms with van der Waals surface area (Å²) in [5.74, 6) is -1.36. The molecule has 6 heteroatoms. The third-order valence-corrected chi connectivity index (χ3v) is 2.93. The molecule has 0 bridgehead atoms. The van der Waals surface area contributed by atoms with Crippen LogP contribution < -0.4 is 5.32 Å². The number of unbranched alkanes of at least 4 members (excludes halogenated alkanes) is 1. The number of aryl methyl sites for hydroxylation is 2. The number of nitrogens with one attached hydrogen (secondary N) is 1. The molecule has 0 unspecified atom stereocenters. The van der Waals surface area contributed by atoms with Gasteiger partial charge in [0.15, 0.2) is 0 Å². The van der Waals surface area contributed by atoms with E-state index >= 15 is 0 Å². The SMILES string of the molecule is CCCC[C@H](NC(=O)c1cn(C)nc1CC)C(=O)O. The maximum atomic E-state index is 12.1. The molecule has 19 heavy (non-hydrogen) atoms. The van der Waals surface area contributed by atoms with Gasteiger partial charge in [0.05, 0.1) is 11.3 Å². The highest BCUT2D eigenvalue weighted by molar-refractivity contribution is 5.97. The fraction of sp³-hybridized carbons (Fsp3) is 0.615. The highest BCUT2D eigenvalue weighted by atomic mass is 16.4. The Bertz CT molecular complexity index is 454. The Morgan fingerprint density at radius 2 is 2.16 bits per heavy atom. The van der Waals surface area contributed by atoms with Gasteiger partial charge in [0.1, 0.15) is 6.04 Å². The standard InChI is InChI=1S/C13H21N3O3/c1-4-6-7-11(13(18)19)14-12(17)9-8-16(3)15-10(9)5-2/h8,11H,4-7H2,1-3H3,(H,14,17)(H,18,19)/t11-/m0/s1. The number of carbonyl (C=O) groups is 2. The highest BCUT2D eigenvalue weighted by Gasteiger charge is 2.22. The second-order valence-electron chi connectivity index (χ2n) is 4.52. The number of nitrogens with zero attached hydrogens (tertiary/aromatic N) is 2. The fourth-order valence-electron chi connectivity index (χ4n) is 1.89. The van der Waals surface area contributed by atoms with Crippen molar-refractivity contribution in [3.63, 3.8) is 0 Å². The van der Waals surface area contributed by atoms with Crippen LogP contribution in [0.25, 0.3) is 0 Å². The second kappa shape index (κ2) is 6.92. The van der Waals surface area contributed by atoms with Gasteiger partial charge in [-0.15, -0.1) is 0 Å². The molecule has 0 aliphatic heterocycles. The quantitative estimate of drug-likeness (QED) is 0.781. The molecule has 0 radical (unpaired) electrons. The number of hydrogen-bond acceptors (Lipinski definition) is 3. The molecule has 1 rings (SSSR count). The topological polar surface area (TPSA) is 84.2 Å². The molecule has 0 saturated carbocycles. The number of carbonyl (C=O) groups excluding carboxylic acids is 1. The van der Waals surface area contributed by atoms with Gasteiger partial charge in [0, 0.05) is 13.2 Å². The Morgan fingerprint density at radius 1 is 1.47 bits per heavy atom. The van der Waals surface area contributed by atoms with Crippen molar-refractivity contribution in [2.24, 2.45) is 7.05 Å². The van der Waals surface area contributed by atoms with E-state index in [1.54, 1.807) is 17.9 Å². The van der Waals surface area contributed by atoms with Gasteiger partial charge in [0.2, 0.25) is 0 Å². The van der Waals surface area contributed by atoms with Crippen molar-refractivity contribution in [1.82, 2.24) is 15.1 Å². The van der Waals surface area contributed by atoms with Gasteiger partial charge in [-0.1, -0.05) is 26.7 Å². The molecule has 0 spiro atoms. The smallest absolute Gasteiger partial charge is 0.326 e. The summed E-state index contributed by atoms with van der Waals surface area (Å²) in [6, 6.07) is -0.836. The number of amides is 1. The van der Waals surface area contributed by atoms with E-state index in [1.165, 1.54) is 0 Å². The predicted octanol–water partition coefficient (Wildman–Crippen LogP) is 1.36. The molecule has 0 aliphatic rings. The number of carboxylic acid groups (broad SMARTS) is 1. The van der Waals surface area contributed by atoms with Gasteiger partial charge < -0.3 is 10.4 Å². The van der Waals surface area contributed by atoms with Gasteiger partial charge in [-0.05, 0) is 12.8 Å². The summed E-state index contributed by atoms with van der Waals surface area (Å²) in [7, 11) is 1.74. The molecule has 106 valence electrons. The highest BCUT2D eigenvalue weighted by Crippen LogP contribution is 2.09. The van der Waals surface area contributed by atoms with Crippen molar-refractivity contribution in [3.05, 3.63) is 17.5 Å². The van der Waals surface area contributed by atoms with Crippen LogP contribution >= 0.6 is 0 Å². The summed E-state index contributed by atoms with van der Waals surface area (Å²) in [6.45, 7) is 3.89. The minimum Gasteiger partial charge on any atom is -0.480 e. The monoisotopic (exact) mass is 267 g/mol. The lowest BCUT2D eigenvalue weighted by Crippen LogP contribution is -2.40. The number of rotatable bonds is 7. The third-order valence-electron chi connectivity index (χ3n) is 2.93. The average molecular weight is 267 g/mol. The molecule has 1 atom stereocenters. The normalized spacial score (nSPS) is 12.2. The first kappa shape index (κ1) is 15.2. The zero-order chi connectivity index (χ0) is 14.4. The number of aromatic nitrogens is 2. The van der Waals surface area contributed by atoms with Crippen LogP contribution in [0, 0.1) is 0 Å². The van der Waals surface area contributed by atoms with Crippen LogP contribution in [-0.2, 0) is 18.3 Å². The Balaban J connectivity index is 2.78. The van der Waals surface area contributed by atoms with Crippen molar-refractivity contribution in [3.8, 4) is 0 Å². The van der Waals surface area contributed by atoms with Crippen LogP contribution in [-0.4, -0.2) is 32.8 Å². The molecule has 2 N–H and O–H groups in total. The van der Waals surface area contributed by atoms with Crippen LogP contribution in [0.3, 0.4) is 0 Å². The van der Waals surface area contributed by atoms with E-state index in [-0.39, 0.29) is 5.91 Å². The van der Waals surface area contributed by atoms with Crippen LogP contribution in [0.15, 0.2) is 6.20 Å². The summed E-state index contributed by atoms with van der Waals surface area (Å²) in [5.41, 5.74) is 1.13. The maximum absolute atomic E-state index is 12.1. The number of hydrogen-bond donors (Lipinski definition) is 2. The first-order valence-corrected chi connectivity index (χ1v) is 6.55. The zero-order valence-corrected chi connectivity index (χ0v) is 11.6. The van der Waals surface area contributed by atoms with E-state index in [2.05, 4.69) is 10.4 Å². The van der Waals surface area contributed by atoms with Crippen molar-refractivity contribution in [2.75, 3.05) is 0 Å². The van der Waals surface area contributed by atoms with Crippen molar-refractivity contribution < 1.29 is 14.7 Å². The number of carboxylic acids is 1.